The summed E-state index contributed by atoms with van der Waals surface area (Å²) in [5.74, 6) is -0.463. The molecular formula is C18H41N2NaO7S2. The average molecular weight is 485 g/mol. The summed E-state index contributed by atoms with van der Waals surface area (Å²) in [5.41, 5.74) is 0. The van der Waals surface area contributed by atoms with Crippen molar-refractivity contribution in [2.45, 2.75) is 71.1 Å². The summed E-state index contributed by atoms with van der Waals surface area (Å²) in [6.07, 6.45) is 11.6. The van der Waals surface area contributed by atoms with Crippen molar-refractivity contribution < 1.29 is 61.7 Å². The zero-order valence-electron chi connectivity index (χ0n) is 19.9. The summed E-state index contributed by atoms with van der Waals surface area (Å²) in [6.45, 7) is 2.81. The molecule has 0 aromatic heterocycles. The largest absolute Gasteiger partial charge is 1.00 e. The Labute approximate surface area is 206 Å². The number of rotatable bonds is 18. The third-order valence-corrected chi connectivity index (χ3v) is 5.47. The van der Waals surface area contributed by atoms with Crippen LogP contribution >= 0.6 is 0 Å². The van der Waals surface area contributed by atoms with Crippen LogP contribution in [0.1, 0.15) is 72.6 Å². The molecule has 30 heavy (non-hydrogen) atoms. The van der Waals surface area contributed by atoms with Gasteiger partial charge in [0, 0.05) is 19.5 Å². The van der Waals surface area contributed by atoms with Crippen LogP contribution in [0.15, 0.2) is 0 Å². The Morgan fingerprint density at radius 1 is 0.800 bits per heavy atom. The number of nitrogens with one attached hydrogen (secondary N) is 2. The number of carbonyl (C=O) groups excluding carboxylic acids is 1. The predicted octanol–water partition coefficient (Wildman–Crippen LogP) is -0.836. The van der Waals surface area contributed by atoms with E-state index in [4.69, 9.17) is 9.11 Å². The van der Waals surface area contributed by atoms with Crippen LogP contribution in [0.2, 0.25) is 0 Å². The summed E-state index contributed by atoms with van der Waals surface area (Å²) in [4.78, 5) is 11.5. The smallest absolute Gasteiger partial charge is 1.00 e. The number of carbonyl (C=O) groups is 1. The fourth-order valence-electron chi connectivity index (χ4n) is 2.38. The van der Waals surface area contributed by atoms with Crippen molar-refractivity contribution in [3.63, 3.8) is 0 Å². The van der Waals surface area contributed by atoms with Crippen molar-refractivity contribution in [2.24, 2.45) is 0 Å². The SMILES string of the molecule is CCCCCCCCCCCC(=O)CNCCS(=O)(=O)O.CNCCS(=O)(=O)O.[H-].[Na+]. The molecule has 0 radical (unpaired) electrons. The summed E-state index contributed by atoms with van der Waals surface area (Å²) in [6, 6.07) is 0. The van der Waals surface area contributed by atoms with E-state index in [0.29, 0.717) is 13.0 Å². The molecule has 0 bridgehead atoms. The van der Waals surface area contributed by atoms with Gasteiger partial charge in [0.05, 0.1) is 18.1 Å². The van der Waals surface area contributed by atoms with Gasteiger partial charge in [-0.1, -0.05) is 58.3 Å². The van der Waals surface area contributed by atoms with Gasteiger partial charge in [0.2, 0.25) is 0 Å². The minimum Gasteiger partial charge on any atom is -1.00 e. The van der Waals surface area contributed by atoms with Gasteiger partial charge in [0.15, 0.2) is 0 Å². The van der Waals surface area contributed by atoms with E-state index in [9.17, 15) is 21.6 Å². The fraction of sp³-hybridized carbons (Fsp3) is 0.944. The Hall–Kier alpha value is 0.410. The predicted molar refractivity (Wildman–Crippen MR) is 118 cm³/mol. The van der Waals surface area contributed by atoms with Crippen LogP contribution < -0.4 is 40.2 Å². The molecule has 0 fully saturated rings. The maximum atomic E-state index is 11.5. The number of Topliss-reactive ketones (excluding diaryl/α,β-unsaturated/α-hetero) is 1. The summed E-state index contributed by atoms with van der Waals surface area (Å²) >= 11 is 0. The minimum absolute atomic E-state index is 0. The molecule has 0 aliphatic carbocycles. The maximum absolute atomic E-state index is 11.5. The molecule has 0 aliphatic heterocycles. The average Bonchev–Trinajstić information content (AvgIpc) is 2.61. The van der Waals surface area contributed by atoms with E-state index in [2.05, 4.69) is 17.6 Å². The quantitative estimate of drug-likeness (QED) is 0.111. The number of ketones is 1. The van der Waals surface area contributed by atoms with Crippen molar-refractivity contribution in [1.82, 2.24) is 10.6 Å². The molecule has 0 saturated carbocycles. The number of unbranched alkanes of at least 4 members (excludes halogenated alkanes) is 8. The van der Waals surface area contributed by atoms with Gasteiger partial charge in [-0.15, -0.1) is 0 Å². The minimum atomic E-state index is -3.93. The second kappa shape index (κ2) is 22.6. The second-order valence-electron chi connectivity index (χ2n) is 6.97. The molecule has 0 spiro atoms. The monoisotopic (exact) mass is 484 g/mol. The molecule has 0 unspecified atom stereocenters. The molecular weight excluding hydrogens is 443 g/mol. The van der Waals surface area contributed by atoms with Gasteiger partial charge in [-0.05, 0) is 13.5 Å². The van der Waals surface area contributed by atoms with Crippen molar-refractivity contribution in [3.8, 4) is 0 Å². The van der Waals surface area contributed by atoms with Crippen LogP contribution in [0.5, 0.6) is 0 Å². The Kier molecular flexibility index (Phi) is 26.4. The zero-order chi connectivity index (χ0) is 22.6. The van der Waals surface area contributed by atoms with Crippen LogP contribution in [0.25, 0.3) is 0 Å². The summed E-state index contributed by atoms with van der Waals surface area (Å²) in [7, 11) is -6.06. The Bertz CT molecular complexity index is 606. The summed E-state index contributed by atoms with van der Waals surface area (Å²) < 4.78 is 57.3. The second-order valence-corrected chi connectivity index (χ2v) is 10.1. The Morgan fingerprint density at radius 3 is 1.63 bits per heavy atom. The Balaban J connectivity index is -0.000000311. The van der Waals surface area contributed by atoms with Gasteiger partial charge in [-0.2, -0.15) is 16.8 Å². The molecule has 0 saturated heterocycles. The molecule has 9 nitrogen and oxygen atoms in total. The molecule has 0 aromatic rings. The van der Waals surface area contributed by atoms with E-state index >= 15 is 0 Å². The van der Waals surface area contributed by atoms with Crippen LogP contribution in [0, 0.1) is 0 Å². The maximum Gasteiger partial charge on any atom is 1.00 e. The van der Waals surface area contributed by atoms with E-state index in [0.717, 1.165) is 12.8 Å². The molecule has 0 aromatic carbocycles. The molecule has 0 rings (SSSR count). The van der Waals surface area contributed by atoms with Crippen LogP contribution in [0.4, 0.5) is 0 Å². The van der Waals surface area contributed by atoms with E-state index in [1.165, 1.54) is 44.9 Å². The molecule has 178 valence electrons. The standard InChI is InChI=1S/C15H31NO4S.C3H9NO3S.Na.H/c1-2-3-4-5-6-7-8-9-10-11-15(17)14-16-12-13-21(18,19)20;1-4-2-3-8(5,6)7;;/h16H,2-14H2,1H3,(H,18,19,20);4H,2-3H2,1H3,(H,5,6,7);;/q;;+1;-1. The van der Waals surface area contributed by atoms with Gasteiger partial charge in [0.25, 0.3) is 20.2 Å². The van der Waals surface area contributed by atoms with Gasteiger partial charge < -0.3 is 12.1 Å². The molecule has 0 amide bonds. The van der Waals surface area contributed by atoms with E-state index in [1.807, 2.05) is 0 Å². The first-order valence-electron chi connectivity index (χ1n) is 10.3. The fourth-order valence-corrected chi connectivity index (χ4v) is 3.25. The van der Waals surface area contributed by atoms with Crippen LogP contribution in [-0.4, -0.2) is 69.9 Å². The first kappa shape index (κ1) is 35.0. The van der Waals surface area contributed by atoms with Crippen molar-refractivity contribution >= 4 is 26.0 Å². The topological polar surface area (TPSA) is 150 Å². The van der Waals surface area contributed by atoms with Gasteiger partial charge in [0.1, 0.15) is 5.78 Å². The Morgan fingerprint density at radius 2 is 1.23 bits per heavy atom. The van der Waals surface area contributed by atoms with Crippen LogP contribution in [0.3, 0.4) is 0 Å². The number of hydrogen-bond donors (Lipinski definition) is 4. The van der Waals surface area contributed by atoms with E-state index in [-0.39, 0.29) is 61.4 Å². The molecule has 0 aliphatic rings. The van der Waals surface area contributed by atoms with Crippen molar-refractivity contribution in [3.05, 3.63) is 0 Å². The normalized spacial score (nSPS) is 11.3. The third-order valence-electron chi connectivity index (χ3n) is 4.03. The number of hydrogen-bond acceptors (Lipinski definition) is 7. The first-order chi connectivity index (χ1) is 13.5. The van der Waals surface area contributed by atoms with Gasteiger partial charge in [-0.25, -0.2) is 0 Å². The molecule has 0 atom stereocenters. The van der Waals surface area contributed by atoms with Crippen LogP contribution in [-0.2, 0) is 25.0 Å². The molecule has 12 heteroatoms. The zero-order valence-corrected chi connectivity index (χ0v) is 22.5. The van der Waals surface area contributed by atoms with Crippen molar-refractivity contribution in [2.75, 3.05) is 38.2 Å². The first-order valence-corrected chi connectivity index (χ1v) is 13.5. The van der Waals surface area contributed by atoms with Gasteiger partial charge >= 0.3 is 29.6 Å². The third kappa shape index (κ3) is 35.8. The van der Waals surface area contributed by atoms with E-state index in [1.54, 1.807) is 7.05 Å². The van der Waals surface area contributed by atoms with E-state index < -0.39 is 20.2 Å². The molecule has 4 N–H and O–H groups in total. The molecule has 0 heterocycles. The van der Waals surface area contributed by atoms with Crippen molar-refractivity contribution in [1.29, 1.82) is 0 Å². The summed E-state index contributed by atoms with van der Waals surface area (Å²) in [5, 5.41) is 5.32. The van der Waals surface area contributed by atoms with Gasteiger partial charge in [-0.3, -0.25) is 13.9 Å².